The predicted molar refractivity (Wildman–Crippen MR) is 105 cm³/mol. The number of aliphatic hydroxyl groups is 1. The largest absolute Gasteiger partial charge is 0.396 e. The Morgan fingerprint density at radius 1 is 0.885 bits per heavy atom. The fraction of sp³-hybridized carbons (Fsp3) is 0.739. The van der Waals surface area contributed by atoms with Gasteiger partial charge in [0.05, 0.1) is 0 Å². The number of aliphatic hydroxyl groups excluding tert-OH is 1. The molecule has 0 unspecified atom stereocenters. The van der Waals surface area contributed by atoms with E-state index in [1.165, 1.54) is 50.8 Å². The first-order chi connectivity index (χ1) is 12.8. The van der Waals surface area contributed by atoms with E-state index in [-0.39, 0.29) is 0 Å². The third-order valence-electron chi connectivity index (χ3n) is 7.93. The van der Waals surface area contributed by atoms with Crippen molar-refractivity contribution in [3.05, 3.63) is 35.9 Å². The number of hydrogen-bond acceptors (Lipinski definition) is 3. The Morgan fingerprint density at radius 2 is 1.58 bits per heavy atom. The van der Waals surface area contributed by atoms with Crippen molar-refractivity contribution in [2.45, 2.75) is 57.2 Å². The molecular weight excluding hydrogens is 320 g/mol. The third kappa shape index (κ3) is 3.23. The number of piperazine rings is 1. The summed E-state index contributed by atoms with van der Waals surface area (Å²) in [6.07, 6.45) is 8.48. The van der Waals surface area contributed by atoms with Crippen molar-refractivity contribution < 1.29 is 5.11 Å². The number of nitrogens with zero attached hydrogens (tertiary/aromatic N) is 2. The Bertz CT molecular complexity index is 575. The van der Waals surface area contributed by atoms with E-state index >= 15 is 0 Å². The first kappa shape index (κ1) is 17.2. The van der Waals surface area contributed by atoms with Crippen molar-refractivity contribution in [2.24, 2.45) is 23.7 Å². The quantitative estimate of drug-likeness (QED) is 0.878. The van der Waals surface area contributed by atoms with Crippen LogP contribution in [0.2, 0.25) is 0 Å². The molecule has 1 saturated heterocycles. The van der Waals surface area contributed by atoms with E-state index in [9.17, 15) is 5.11 Å². The van der Waals surface area contributed by atoms with Gasteiger partial charge in [-0.1, -0.05) is 30.3 Å². The van der Waals surface area contributed by atoms with E-state index in [0.717, 1.165) is 49.2 Å². The standard InChI is InChI=1S/C23H34N2O/c26-9-6-22-16-25(8-7-24(22)15-17-4-2-1-3-5-17)23-20-11-18-10-19(13-20)14-21(23)12-18/h1-5,18-23,26H,6-16H2/t18?,19?,20?,21?,22-,23?/m0/s1. The highest BCUT2D eigenvalue weighted by Gasteiger charge is 2.50. The summed E-state index contributed by atoms with van der Waals surface area (Å²) in [4.78, 5) is 5.48. The summed E-state index contributed by atoms with van der Waals surface area (Å²) in [7, 11) is 0. The molecule has 1 aliphatic heterocycles. The second-order valence-corrected chi connectivity index (χ2v) is 9.54. The van der Waals surface area contributed by atoms with Crippen molar-refractivity contribution in [1.82, 2.24) is 9.80 Å². The predicted octanol–water partition coefficient (Wildman–Crippen LogP) is 3.38. The fourth-order valence-electron chi connectivity index (χ4n) is 7.13. The Balaban J connectivity index is 1.28. The van der Waals surface area contributed by atoms with Gasteiger partial charge in [0.1, 0.15) is 0 Å². The molecule has 4 aliphatic carbocycles. The molecule has 1 heterocycles. The summed E-state index contributed by atoms with van der Waals surface area (Å²) in [5.41, 5.74) is 1.40. The van der Waals surface area contributed by atoms with Crippen molar-refractivity contribution in [3.63, 3.8) is 0 Å². The molecule has 4 saturated carbocycles. The van der Waals surface area contributed by atoms with Crippen molar-refractivity contribution >= 4 is 0 Å². The lowest BCUT2D eigenvalue weighted by atomic mass is 9.53. The zero-order valence-corrected chi connectivity index (χ0v) is 16.0. The molecule has 26 heavy (non-hydrogen) atoms. The summed E-state index contributed by atoms with van der Waals surface area (Å²) in [6, 6.07) is 12.2. The molecule has 1 aromatic carbocycles. The Labute approximate surface area is 158 Å². The SMILES string of the molecule is OCC[C@H]1CN(C2C3CC4CC(C3)CC2C4)CCN1Cc1ccccc1. The van der Waals surface area contributed by atoms with Crippen LogP contribution in [0.5, 0.6) is 0 Å². The molecule has 4 bridgehead atoms. The van der Waals surface area contributed by atoms with Crippen LogP contribution in [0.15, 0.2) is 30.3 Å². The van der Waals surface area contributed by atoms with Crippen LogP contribution in [0.1, 0.15) is 44.1 Å². The van der Waals surface area contributed by atoms with Crippen molar-refractivity contribution in [3.8, 4) is 0 Å². The molecule has 0 aromatic heterocycles. The lowest BCUT2D eigenvalue weighted by Crippen LogP contribution is -2.62. The maximum absolute atomic E-state index is 9.66. The van der Waals surface area contributed by atoms with Gasteiger partial charge in [0.15, 0.2) is 0 Å². The van der Waals surface area contributed by atoms with Crippen LogP contribution < -0.4 is 0 Å². The average Bonchev–Trinajstić information content (AvgIpc) is 2.64. The van der Waals surface area contributed by atoms with E-state index in [4.69, 9.17) is 0 Å². The summed E-state index contributed by atoms with van der Waals surface area (Å²) in [5, 5.41) is 9.66. The van der Waals surface area contributed by atoms with E-state index in [2.05, 4.69) is 40.1 Å². The minimum absolute atomic E-state index is 0.311. The second-order valence-electron chi connectivity index (χ2n) is 9.54. The lowest BCUT2D eigenvalue weighted by Gasteiger charge is -2.59. The van der Waals surface area contributed by atoms with Gasteiger partial charge in [-0.2, -0.15) is 0 Å². The van der Waals surface area contributed by atoms with Crippen LogP contribution in [0, 0.1) is 23.7 Å². The van der Waals surface area contributed by atoms with E-state index < -0.39 is 0 Å². The molecule has 3 heteroatoms. The third-order valence-corrected chi connectivity index (χ3v) is 7.93. The molecule has 0 spiro atoms. The zero-order valence-electron chi connectivity index (χ0n) is 16.0. The number of rotatable bonds is 5. The van der Waals surface area contributed by atoms with Crippen molar-refractivity contribution in [1.29, 1.82) is 0 Å². The van der Waals surface area contributed by atoms with Gasteiger partial charge in [-0.15, -0.1) is 0 Å². The smallest absolute Gasteiger partial charge is 0.0446 e. The Hall–Kier alpha value is -0.900. The summed E-state index contributed by atoms with van der Waals surface area (Å²) >= 11 is 0. The van der Waals surface area contributed by atoms with E-state index in [1.807, 2.05) is 0 Å². The van der Waals surface area contributed by atoms with Gasteiger partial charge in [0, 0.05) is 44.9 Å². The van der Waals surface area contributed by atoms with Crippen LogP contribution in [0.25, 0.3) is 0 Å². The minimum atomic E-state index is 0.311. The van der Waals surface area contributed by atoms with Gasteiger partial charge in [-0.05, 0) is 67.8 Å². The number of benzene rings is 1. The van der Waals surface area contributed by atoms with Crippen LogP contribution in [-0.4, -0.2) is 53.2 Å². The first-order valence-corrected chi connectivity index (χ1v) is 10.9. The highest BCUT2D eigenvalue weighted by Crippen LogP contribution is 2.55. The molecule has 5 aliphatic rings. The molecule has 3 nitrogen and oxygen atoms in total. The van der Waals surface area contributed by atoms with Gasteiger partial charge in [0.2, 0.25) is 0 Å². The maximum Gasteiger partial charge on any atom is 0.0446 e. The van der Waals surface area contributed by atoms with Gasteiger partial charge in [-0.25, -0.2) is 0 Å². The van der Waals surface area contributed by atoms with E-state index in [1.54, 1.807) is 0 Å². The zero-order chi connectivity index (χ0) is 17.5. The second kappa shape index (κ2) is 7.26. The monoisotopic (exact) mass is 354 g/mol. The summed E-state index contributed by atoms with van der Waals surface area (Å²) in [5.74, 6) is 4.06. The van der Waals surface area contributed by atoms with Crippen LogP contribution in [0.4, 0.5) is 0 Å². The molecule has 0 amide bonds. The minimum Gasteiger partial charge on any atom is -0.396 e. The topological polar surface area (TPSA) is 26.7 Å². The van der Waals surface area contributed by atoms with Crippen LogP contribution in [0.3, 0.4) is 0 Å². The first-order valence-electron chi connectivity index (χ1n) is 10.9. The molecule has 1 N–H and O–H groups in total. The molecular formula is C23H34N2O. The Morgan fingerprint density at radius 3 is 2.23 bits per heavy atom. The van der Waals surface area contributed by atoms with Gasteiger partial charge >= 0.3 is 0 Å². The lowest BCUT2D eigenvalue weighted by molar-refractivity contribution is -0.0876. The maximum atomic E-state index is 9.66. The molecule has 142 valence electrons. The number of hydrogen-bond donors (Lipinski definition) is 1. The average molecular weight is 355 g/mol. The molecule has 6 rings (SSSR count). The highest BCUT2D eigenvalue weighted by molar-refractivity contribution is 5.15. The van der Waals surface area contributed by atoms with E-state index in [0.29, 0.717) is 12.6 Å². The van der Waals surface area contributed by atoms with Gasteiger partial charge in [0.25, 0.3) is 0 Å². The fourth-order valence-corrected chi connectivity index (χ4v) is 7.13. The normalized spacial score (nSPS) is 40.2. The van der Waals surface area contributed by atoms with Crippen LogP contribution >= 0.6 is 0 Å². The van der Waals surface area contributed by atoms with Crippen LogP contribution in [-0.2, 0) is 6.54 Å². The summed E-state index contributed by atoms with van der Waals surface area (Å²) in [6.45, 7) is 4.89. The van der Waals surface area contributed by atoms with Crippen molar-refractivity contribution in [2.75, 3.05) is 26.2 Å². The highest BCUT2D eigenvalue weighted by atomic mass is 16.3. The van der Waals surface area contributed by atoms with Gasteiger partial charge < -0.3 is 5.11 Å². The molecule has 5 fully saturated rings. The molecule has 1 atom stereocenters. The summed E-state index contributed by atoms with van der Waals surface area (Å²) < 4.78 is 0. The van der Waals surface area contributed by atoms with Gasteiger partial charge in [-0.3, -0.25) is 9.80 Å². The Kier molecular flexibility index (Phi) is 4.80. The molecule has 0 radical (unpaired) electrons. The molecule has 1 aromatic rings.